The average Bonchev–Trinajstić information content (AvgIpc) is 1.35. The maximum Gasteiger partial charge on any atom is 0.105 e. The molecular weight excluding hydrogens is 70.9 g/mol. The summed E-state index contributed by atoms with van der Waals surface area (Å²) in [5, 5.41) is 0. The van der Waals surface area contributed by atoms with Crippen molar-refractivity contribution in [2.75, 3.05) is 0 Å². The minimum Gasteiger partial charge on any atom is -0.103 e. The molecule has 0 bridgehead atoms. The SMILES string of the molecule is BC(C)CC=C. The minimum atomic E-state index is 0.780. The van der Waals surface area contributed by atoms with Crippen molar-refractivity contribution in [2.24, 2.45) is 0 Å². The number of hydrogen-bond donors (Lipinski definition) is 0. The van der Waals surface area contributed by atoms with Gasteiger partial charge in [0.2, 0.25) is 0 Å². The second kappa shape index (κ2) is 3.01. The lowest BCUT2D eigenvalue weighted by atomic mass is 9.87. The van der Waals surface area contributed by atoms with Crippen LogP contribution >= 0.6 is 0 Å². The van der Waals surface area contributed by atoms with E-state index < -0.39 is 0 Å². The molecule has 6 heavy (non-hydrogen) atoms. The van der Waals surface area contributed by atoms with Gasteiger partial charge in [-0.3, -0.25) is 0 Å². The second-order valence-electron chi connectivity index (χ2n) is 1.92. The molecule has 1 heteroatoms. The standard InChI is InChI=1S/C5H11B/c1-3-4-5(2)6/h3,5H,1,4,6H2,2H3. The van der Waals surface area contributed by atoms with Gasteiger partial charge in [0, 0.05) is 0 Å². The summed E-state index contributed by atoms with van der Waals surface area (Å²) in [4.78, 5) is 0. The summed E-state index contributed by atoms with van der Waals surface area (Å²) in [7, 11) is 2.18. The predicted molar refractivity (Wildman–Crippen MR) is 32.8 cm³/mol. The molecule has 0 nitrogen and oxygen atoms in total. The Morgan fingerprint density at radius 2 is 2.50 bits per heavy atom. The fraction of sp³-hybridized carbons (Fsp3) is 0.600. The molecule has 0 fully saturated rings. The third-order valence-electron chi connectivity index (χ3n) is 0.638. The summed E-state index contributed by atoms with van der Waals surface area (Å²) < 4.78 is 0. The zero-order valence-electron chi connectivity index (χ0n) is 4.57. The third-order valence-corrected chi connectivity index (χ3v) is 0.638. The van der Waals surface area contributed by atoms with Crippen molar-refractivity contribution in [3.63, 3.8) is 0 Å². The highest BCUT2D eigenvalue weighted by atomic mass is 13.8. The van der Waals surface area contributed by atoms with Gasteiger partial charge in [-0.05, 0) is 6.42 Å². The van der Waals surface area contributed by atoms with E-state index in [0.717, 1.165) is 12.2 Å². The molecule has 0 aliphatic carbocycles. The maximum absolute atomic E-state index is 3.60. The summed E-state index contributed by atoms with van der Waals surface area (Å²) in [6.07, 6.45) is 3.09. The Labute approximate surface area is 40.7 Å². The highest BCUT2D eigenvalue weighted by molar-refractivity contribution is 6.11. The van der Waals surface area contributed by atoms with Gasteiger partial charge in [0.1, 0.15) is 7.85 Å². The van der Waals surface area contributed by atoms with Crippen LogP contribution < -0.4 is 0 Å². The Hall–Kier alpha value is -0.195. The van der Waals surface area contributed by atoms with Crippen molar-refractivity contribution in [3.05, 3.63) is 12.7 Å². The van der Waals surface area contributed by atoms with Crippen molar-refractivity contribution >= 4 is 7.85 Å². The lowest BCUT2D eigenvalue weighted by Gasteiger charge is -1.92. The highest BCUT2D eigenvalue weighted by Gasteiger charge is 1.83. The molecule has 1 atom stereocenters. The molecule has 0 aliphatic rings. The molecule has 0 heterocycles. The van der Waals surface area contributed by atoms with Crippen LogP contribution in [0.1, 0.15) is 13.3 Å². The van der Waals surface area contributed by atoms with Gasteiger partial charge in [0.15, 0.2) is 0 Å². The first-order valence-electron chi connectivity index (χ1n) is 2.38. The van der Waals surface area contributed by atoms with Crippen LogP contribution in [-0.4, -0.2) is 7.85 Å². The molecule has 0 saturated carbocycles. The van der Waals surface area contributed by atoms with E-state index in [0.29, 0.717) is 0 Å². The molecule has 0 saturated heterocycles. The third kappa shape index (κ3) is 3.80. The first-order chi connectivity index (χ1) is 2.77. The van der Waals surface area contributed by atoms with Crippen LogP contribution in [0.4, 0.5) is 0 Å². The van der Waals surface area contributed by atoms with Gasteiger partial charge in [-0.25, -0.2) is 0 Å². The zero-order chi connectivity index (χ0) is 4.99. The summed E-state index contributed by atoms with van der Waals surface area (Å²) in [5.41, 5.74) is 0. The largest absolute Gasteiger partial charge is 0.105 e. The quantitative estimate of drug-likeness (QED) is 0.344. The number of rotatable bonds is 2. The Bertz CT molecular complexity index is 39.2. The summed E-state index contributed by atoms with van der Waals surface area (Å²) >= 11 is 0. The summed E-state index contributed by atoms with van der Waals surface area (Å²) in [6, 6.07) is 0. The van der Waals surface area contributed by atoms with Crippen LogP contribution in [0.25, 0.3) is 0 Å². The first kappa shape index (κ1) is 5.80. The number of hydrogen-bond acceptors (Lipinski definition) is 0. The molecule has 0 amide bonds. The summed E-state index contributed by atoms with van der Waals surface area (Å²) in [6.45, 7) is 5.78. The Morgan fingerprint density at radius 3 is 2.50 bits per heavy atom. The van der Waals surface area contributed by atoms with Crippen LogP contribution in [0.5, 0.6) is 0 Å². The van der Waals surface area contributed by atoms with E-state index in [-0.39, 0.29) is 0 Å². The Balaban J connectivity index is 2.81. The van der Waals surface area contributed by atoms with Crippen molar-refractivity contribution in [3.8, 4) is 0 Å². The van der Waals surface area contributed by atoms with E-state index in [1.165, 1.54) is 0 Å². The van der Waals surface area contributed by atoms with E-state index >= 15 is 0 Å². The molecule has 1 unspecified atom stereocenters. The van der Waals surface area contributed by atoms with E-state index in [4.69, 9.17) is 0 Å². The normalized spacial score (nSPS) is 13.5. The van der Waals surface area contributed by atoms with E-state index in [9.17, 15) is 0 Å². The van der Waals surface area contributed by atoms with Crippen molar-refractivity contribution < 1.29 is 0 Å². The monoisotopic (exact) mass is 82.1 g/mol. The highest BCUT2D eigenvalue weighted by Crippen LogP contribution is 2.00. The van der Waals surface area contributed by atoms with Crippen LogP contribution in [0.2, 0.25) is 5.82 Å². The minimum absolute atomic E-state index is 0.780. The Morgan fingerprint density at radius 1 is 2.00 bits per heavy atom. The van der Waals surface area contributed by atoms with E-state index in [1.807, 2.05) is 6.08 Å². The average molecular weight is 82.0 g/mol. The number of allylic oxidation sites excluding steroid dienone is 1. The van der Waals surface area contributed by atoms with Crippen molar-refractivity contribution in [1.82, 2.24) is 0 Å². The molecule has 0 N–H and O–H groups in total. The molecule has 0 rings (SSSR count). The fourth-order valence-corrected chi connectivity index (χ4v) is 0.333. The first-order valence-corrected chi connectivity index (χ1v) is 2.38. The lowest BCUT2D eigenvalue weighted by molar-refractivity contribution is 0.954. The van der Waals surface area contributed by atoms with Crippen LogP contribution in [0.3, 0.4) is 0 Å². The lowest BCUT2D eigenvalue weighted by Crippen LogP contribution is -1.78. The van der Waals surface area contributed by atoms with Gasteiger partial charge >= 0.3 is 0 Å². The second-order valence-corrected chi connectivity index (χ2v) is 1.92. The summed E-state index contributed by atoms with van der Waals surface area (Å²) in [5.74, 6) is 0.780. The fourth-order valence-electron chi connectivity index (χ4n) is 0.333. The van der Waals surface area contributed by atoms with Gasteiger partial charge in [0.25, 0.3) is 0 Å². The molecule has 0 aromatic heterocycles. The predicted octanol–water partition coefficient (Wildman–Crippen LogP) is 1.00. The topological polar surface area (TPSA) is 0 Å². The van der Waals surface area contributed by atoms with Crippen molar-refractivity contribution in [1.29, 1.82) is 0 Å². The molecular formula is C5H11B. The molecule has 0 aromatic carbocycles. The van der Waals surface area contributed by atoms with Gasteiger partial charge in [0.05, 0.1) is 0 Å². The van der Waals surface area contributed by atoms with E-state index in [1.54, 1.807) is 0 Å². The smallest absolute Gasteiger partial charge is 0.103 e. The van der Waals surface area contributed by atoms with Crippen molar-refractivity contribution in [2.45, 2.75) is 19.2 Å². The van der Waals surface area contributed by atoms with Gasteiger partial charge in [-0.2, -0.15) is 0 Å². The molecule has 0 spiro atoms. The van der Waals surface area contributed by atoms with Crippen LogP contribution in [0, 0.1) is 0 Å². The molecule has 0 radical (unpaired) electrons. The van der Waals surface area contributed by atoms with Crippen LogP contribution in [0.15, 0.2) is 12.7 Å². The molecule has 34 valence electrons. The van der Waals surface area contributed by atoms with Gasteiger partial charge < -0.3 is 0 Å². The zero-order valence-corrected chi connectivity index (χ0v) is 4.57. The van der Waals surface area contributed by atoms with E-state index in [2.05, 4.69) is 21.3 Å². The molecule has 0 aliphatic heterocycles. The van der Waals surface area contributed by atoms with Gasteiger partial charge in [-0.1, -0.05) is 18.8 Å². The Kier molecular flexibility index (Phi) is 2.92. The maximum atomic E-state index is 3.60. The van der Waals surface area contributed by atoms with Gasteiger partial charge in [-0.15, -0.1) is 6.58 Å². The van der Waals surface area contributed by atoms with Crippen LogP contribution in [-0.2, 0) is 0 Å². The molecule has 0 aromatic rings.